The largest absolute Gasteiger partial charge is 0.489 e. The third-order valence-corrected chi connectivity index (χ3v) is 5.84. The number of hydrogen-bond acceptors (Lipinski definition) is 7. The highest BCUT2D eigenvalue weighted by molar-refractivity contribution is 6.08. The lowest BCUT2D eigenvalue weighted by atomic mass is 9.89. The number of nitrogens with one attached hydrogen (secondary N) is 1. The SMILES string of the molecule is CC(C)(C)OC(=O)N(C(=O)O)c1cc2c(CNC3CC(Oc4ccc(C(F)(F)F)nc4)C3)cccc2cn1. The predicted octanol–water partition coefficient (Wildman–Crippen LogP) is 5.77. The van der Waals surface area contributed by atoms with Crippen molar-refractivity contribution in [3.8, 4) is 5.75 Å². The molecule has 2 amide bonds. The number of nitrogens with zero attached hydrogens (tertiary/aromatic N) is 3. The van der Waals surface area contributed by atoms with Crippen molar-refractivity contribution in [2.45, 2.75) is 64.1 Å². The summed E-state index contributed by atoms with van der Waals surface area (Å²) < 4.78 is 48.9. The Morgan fingerprint density at radius 2 is 1.84 bits per heavy atom. The fourth-order valence-corrected chi connectivity index (χ4v) is 3.97. The maximum absolute atomic E-state index is 12.7. The molecule has 2 aromatic heterocycles. The Bertz CT molecular complexity index is 1320. The predicted molar refractivity (Wildman–Crippen MR) is 132 cm³/mol. The Labute approximate surface area is 216 Å². The molecule has 0 spiro atoms. The number of fused-ring (bicyclic) bond motifs is 1. The zero-order chi connectivity index (χ0) is 27.7. The molecule has 3 aromatic rings. The molecule has 1 saturated carbocycles. The quantitative estimate of drug-likeness (QED) is 0.412. The average Bonchev–Trinajstić information content (AvgIpc) is 2.79. The number of hydrogen-bond donors (Lipinski definition) is 2. The molecule has 9 nitrogen and oxygen atoms in total. The van der Waals surface area contributed by atoms with Crippen LogP contribution in [0.25, 0.3) is 10.8 Å². The van der Waals surface area contributed by atoms with E-state index >= 15 is 0 Å². The highest BCUT2D eigenvalue weighted by atomic mass is 19.4. The van der Waals surface area contributed by atoms with Crippen molar-refractivity contribution in [3.63, 3.8) is 0 Å². The molecule has 0 bridgehead atoms. The van der Waals surface area contributed by atoms with Crippen LogP contribution in [-0.4, -0.2) is 45.0 Å². The van der Waals surface area contributed by atoms with E-state index < -0.39 is 29.7 Å². The van der Waals surface area contributed by atoms with Crippen LogP contribution in [0.1, 0.15) is 44.9 Å². The van der Waals surface area contributed by atoms with E-state index in [-0.39, 0.29) is 23.7 Å². The number of halogens is 3. The molecule has 2 N–H and O–H groups in total. The van der Waals surface area contributed by atoms with Crippen LogP contribution in [0.5, 0.6) is 5.75 Å². The summed E-state index contributed by atoms with van der Waals surface area (Å²) in [5.74, 6) is 0.206. The first-order chi connectivity index (χ1) is 17.8. The summed E-state index contributed by atoms with van der Waals surface area (Å²) in [4.78, 5) is 32.4. The topological polar surface area (TPSA) is 114 Å². The van der Waals surface area contributed by atoms with E-state index in [0.29, 0.717) is 24.3 Å². The average molecular weight is 533 g/mol. The van der Waals surface area contributed by atoms with Gasteiger partial charge < -0.3 is 19.9 Å². The van der Waals surface area contributed by atoms with Gasteiger partial charge >= 0.3 is 18.4 Å². The number of benzene rings is 1. The number of aromatic nitrogens is 2. The standard InChI is InChI=1S/C26H27F3N4O5/c1-25(2,3)38-24(36)33(23(34)35)22-11-20-15(5-4-6-16(20)13-32-22)12-30-17-9-19(10-17)37-18-7-8-21(31-14-18)26(27,28)29/h4-8,11,13-14,17,19,30H,9-10,12H2,1-3H3,(H,34,35). The van der Waals surface area contributed by atoms with E-state index in [0.717, 1.165) is 28.6 Å². The molecule has 4 rings (SSSR count). The van der Waals surface area contributed by atoms with Crippen LogP contribution in [0, 0.1) is 0 Å². The minimum atomic E-state index is -4.50. The number of amides is 2. The number of carboxylic acid groups (broad SMARTS) is 1. The molecule has 0 radical (unpaired) electrons. The Kier molecular flexibility index (Phi) is 7.45. The highest BCUT2D eigenvalue weighted by Crippen LogP contribution is 2.31. The maximum Gasteiger partial charge on any atom is 0.433 e. The Hall–Kier alpha value is -3.93. The number of anilines is 1. The first-order valence-electron chi connectivity index (χ1n) is 11.9. The fourth-order valence-electron chi connectivity index (χ4n) is 3.97. The van der Waals surface area contributed by atoms with Crippen LogP contribution in [0.15, 0.2) is 48.8 Å². The smallest absolute Gasteiger partial charge is 0.433 e. The molecule has 12 heteroatoms. The molecule has 38 heavy (non-hydrogen) atoms. The molecule has 2 heterocycles. The zero-order valence-corrected chi connectivity index (χ0v) is 21.0. The van der Waals surface area contributed by atoms with Gasteiger partial charge in [-0.3, -0.25) is 0 Å². The van der Waals surface area contributed by atoms with Gasteiger partial charge in [-0.15, -0.1) is 0 Å². The van der Waals surface area contributed by atoms with Crippen LogP contribution < -0.4 is 15.0 Å². The van der Waals surface area contributed by atoms with Crippen molar-refractivity contribution in [1.82, 2.24) is 15.3 Å². The number of carbonyl (C=O) groups excluding carboxylic acids is 1. The Morgan fingerprint density at radius 1 is 1.11 bits per heavy atom. The minimum Gasteiger partial charge on any atom is -0.489 e. The van der Waals surface area contributed by atoms with Crippen molar-refractivity contribution in [2.75, 3.05) is 4.90 Å². The van der Waals surface area contributed by atoms with Crippen LogP contribution in [-0.2, 0) is 17.5 Å². The van der Waals surface area contributed by atoms with Gasteiger partial charge in [0.15, 0.2) is 0 Å². The fraction of sp³-hybridized carbons (Fsp3) is 0.385. The van der Waals surface area contributed by atoms with E-state index in [1.165, 1.54) is 18.3 Å². The first-order valence-corrected chi connectivity index (χ1v) is 11.9. The molecule has 1 aliphatic carbocycles. The van der Waals surface area contributed by atoms with E-state index in [9.17, 15) is 27.9 Å². The molecule has 0 aliphatic heterocycles. The lowest BCUT2D eigenvalue weighted by Crippen LogP contribution is -2.46. The minimum absolute atomic E-state index is 0.0750. The number of alkyl halides is 3. The monoisotopic (exact) mass is 532 g/mol. The number of pyridine rings is 2. The lowest BCUT2D eigenvalue weighted by Gasteiger charge is -2.36. The maximum atomic E-state index is 12.7. The second-order valence-electron chi connectivity index (χ2n) is 9.95. The number of rotatable bonds is 6. The van der Waals surface area contributed by atoms with Gasteiger partial charge in [-0.2, -0.15) is 18.1 Å². The Balaban J connectivity index is 1.39. The van der Waals surface area contributed by atoms with Gasteiger partial charge in [0.05, 0.1) is 6.20 Å². The van der Waals surface area contributed by atoms with Gasteiger partial charge in [0.1, 0.15) is 29.0 Å². The molecular formula is C26H27F3N4O5. The van der Waals surface area contributed by atoms with Crippen LogP contribution in [0.3, 0.4) is 0 Å². The van der Waals surface area contributed by atoms with Gasteiger partial charge in [0, 0.05) is 24.2 Å². The first kappa shape index (κ1) is 27.1. The summed E-state index contributed by atoms with van der Waals surface area (Å²) in [7, 11) is 0. The highest BCUT2D eigenvalue weighted by Gasteiger charge is 2.34. The van der Waals surface area contributed by atoms with Crippen LogP contribution in [0.2, 0.25) is 0 Å². The molecule has 202 valence electrons. The van der Waals surface area contributed by atoms with Crippen molar-refractivity contribution in [1.29, 1.82) is 0 Å². The summed E-state index contributed by atoms with van der Waals surface area (Å²) in [6, 6.07) is 9.38. The third kappa shape index (κ3) is 6.49. The van der Waals surface area contributed by atoms with Gasteiger partial charge in [0.25, 0.3) is 0 Å². The van der Waals surface area contributed by atoms with Gasteiger partial charge in [-0.05, 0) is 62.8 Å². The molecule has 0 saturated heterocycles. The van der Waals surface area contributed by atoms with Crippen molar-refractivity contribution in [2.24, 2.45) is 0 Å². The molecule has 0 atom stereocenters. The molecule has 1 aromatic carbocycles. The molecule has 1 fully saturated rings. The van der Waals surface area contributed by atoms with Crippen molar-refractivity contribution >= 4 is 28.8 Å². The van der Waals surface area contributed by atoms with Gasteiger partial charge in [0.2, 0.25) is 0 Å². The van der Waals surface area contributed by atoms with Crippen LogP contribution in [0.4, 0.5) is 28.6 Å². The Morgan fingerprint density at radius 3 is 2.45 bits per heavy atom. The van der Waals surface area contributed by atoms with Crippen molar-refractivity contribution < 1.29 is 37.3 Å². The molecule has 0 unspecified atom stereocenters. The third-order valence-electron chi connectivity index (χ3n) is 5.84. The molecular weight excluding hydrogens is 505 g/mol. The molecule has 1 aliphatic rings. The number of imide groups is 1. The van der Waals surface area contributed by atoms with E-state index in [1.807, 2.05) is 18.2 Å². The number of ether oxygens (including phenoxy) is 2. The summed E-state index contributed by atoms with van der Waals surface area (Å²) in [6.07, 6.45) is -3.31. The summed E-state index contributed by atoms with van der Waals surface area (Å²) >= 11 is 0. The van der Waals surface area contributed by atoms with Gasteiger partial charge in [-0.25, -0.2) is 19.6 Å². The van der Waals surface area contributed by atoms with Crippen molar-refractivity contribution in [3.05, 3.63) is 60.0 Å². The van der Waals surface area contributed by atoms with E-state index in [4.69, 9.17) is 9.47 Å². The van der Waals surface area contributed by atoms with E-state index in [1.54, 1.807) is 20.8 Å². The second kappa shape index (κ2) is 10.4. The lowest BCUT2D eigenvalue weighted by molar-refractivity contribution is -0.141. The van der Waals surface area contributed by atoms with E-state index in [2.05, 4.69) is 15.3 Å². The summed E-state index contributed by atoms with van der Waals surface area (Å²) in [5, 5.41) is 14.5. The summed E-state index contributed by atoms with van der Waals surface area (Å²) in [6.45, 7) is 5.37. The number of carbonyl (C=O) groups is 2. The summed E-state index contributed by atoms with van der Waals surface area (Å²) in [5.41, 5.74) is -0.981. The second-order valence-corrected chi connectivity index (χ2v) is 9.95. The van der Waals surface area contributed by atoms with Crippen LogP contribution >= 0.6 is 0 Å². The van der Waals surface area contributed by atoms with Gasteiger partial charge in [-0.1, -0.05) is 18.2 Å². The zero-order valence-electron chi connectivity index (χ0n) is 21.0. The normalized spacial score (nSPS) is 17.5.